The van der Waals surface area contributed by atoms with Crippen LogP contribution >= 0.6 is 0 Å². The number of fused-ring (bicyclic) bond motifs is 1. The van der Waals surface area contributed by atoms with Gasteiger partial charge in [0.1, 0.15) is 11.6 Å². The Labute approximate surface area is 147 Å². The summed E-state index contributed by atoms with van der Waals surface area (Å²) in [6.07, 6.45) is -0.0272. The van der Waals surface area contributed by atoms with Crippen LogP contribution in [0, 0.1) is 12.7 Å². The number of nitrogens with zero attached hydrogens (tertiary/aromatic N) is 1. The van der Waals surface area contributed by atoms with Gasteiger partial charge in [-0.25, -0.2) is 4.39 Å². The van der Waals surface area contributed by atoms with Crippen molar-refractivity contribution in [2.75, 3.05) is 12.4 Å². The Balaban J connectivity index is 1.90. The molecule has 0 aliphatic carbocycles. The molecular formula is C20H23FN2O2. The fourth-order valence-corrected chi connectivity index (χ4v) is 3.09. The van der Waals surface area contributed by atoms with Crippen LogP contribution in [0.5, 0.6) is 5.75 Å². The molecule has 2 aromatic rings. The van der Waals surface area contributed by atoms with Gasteiger partial charge >= 0.3 is 0 Å². The van der Waals surface area contributed by atoms with Gasteiger partial charge in [0.15, 0.2) is 0 Å². The van der Waals surface area contributed by atoms with Crippen molar-refractivity contribution < 1.29 is 13.9 Å². The summed E-state index contributed by atoms with van der Waals surface area (Å²) in [5.41, 5.74) is 3.66. The summed E-state index contributed by atoms with van der Waals surface area (Å²) in [7, 11) is 1.75. The molecule has 0 spiro atoms. The van der Waals surface area contributed by atoms with E-state index in [-0.39, 0.29) is 24.4 Å². The molecule has 1 aliphatic heterocycles. The van der Waals surface area contributed by atoms with Crippen molar-refractivity contribution in [1.82, 2.24) is 4.90 Å². The van der Waals surface area contributed by atoms with E-state index in [1.165, 1.54) is 6.07 Å². The lowest BCUT2D eigenvalue weighted by Gasteiger charge is -2.19. The van der Waals surface area contributed by atoms with Crippen molar-refractivity contribution in [3.63, 3.8) is 0 Å². The predicted octanol–water partition coefficient (Wildman–Crippen LogP) is 4.12. The third-order valence-electron chi connectivity index (χ3n) is 4.30. The third kappa shape index (κ3) is 3.45. The number of halogens is 1. The zero-order valence-electron chi connectivity index (χ0n) is 15.0. The molecule has 3 rings (SSSR count). The number of ether oxygens (including phenoxy) is 1. The molecule has 2 aromatic carbocycles. The standard InChI is InChI=1S/C20H23FN2O2/c1-12(2)25-19-6-5-13(3)7-16(19)20(24)23-10-14-8-15(22-4)9-18(21)17(14)11-23/h5-9,12,22H,10-11H2,1-4H3. The van der Waals surface area contributed by atoms with Crippen LogP contribution in [0.25, 0.3) is 0 Å². The molecular weight excluding hydrogens is 319 g/mol. The van der Waals surface area contributed by atoms with E-state index < -0.39 is 0 Å². The maximum atomic E-state index is 14.3. The summed E-state index contributed by atoms with van der Waals surface area (Å²) in [4.78, 5) is 14.7. The van der Waals surface area contributed by atoms with Gasteiger partial charge < -0.3 is 15.0 Å². The highest BCUT2D eigenvalue weighted by Crippen LogP contribution is 2.31. The normalized spacial score (nSPS) is 13.1. The largest absolute Gasteiger partial charge is 0.490 e. The van der Waals surface area contributed by atoms with Crippen molar-refractivity contribution in [3.8, 4) is 5.75 Å². The monoisotopic (exact) mass is 342 g/mol. The number of benzene rings is 2. The van der Waals surface area contributed by atoms with Gasteiger partial charge in [-0.3, -0.25) is 4.79 Å². The first-order valence-corrected chi connectivity index (χ1v) is 8.44. The van der Waals surface area contributed by atoms with Crippen LogP contribution < -0.4 is 10.1 Å². The molecule has 1 amide bonds. The van der Waals surface area contributed by atoms with E-state index in [1.54, 1.807) is 11.9 Å². The number of aryl methyl sites for hydroxylation is 1. The second-order valence-corrected chi connectivity index (χ2v) is 6.67. The number of hydrogen-bond donors (Lipinski definition) is 1. The predicted molar refractivity (Wildman–Crippen MR) is 96.5 cm³/mol. The van der Waals surface area contributed by atoms with Gasteiger partial charge in [-0.05, 0) is 50.6 Å². The first kappa shape index (κ1) is 17.3. The van der Waals surface area contributed by atoms with Crippen LogP contribution in [0.1, 0.15) is 40.9 Å². The Morgan fingerprint density at radius 3 is 2.68 bits per heavy atom. The molecule has 1 heterocycles. The lowest BCUT2D eigenvalue weighted by atomic mass is 10.1. The van der Waals surface area contributed by atoms with Gasteiger partial charge in [-0.15, -0.1) is 0 Å². The zero-order chi connectivity index (χ0) is 18.1. The smallest absolute Gasteiger partial charge is 0.258 e. The van der Waals surface area contributed by atoms with E-state index in [2.05, 4.69) is 5.32 Å². The molecule has 0 atom stereocenters. The highest BCUT2D eigenvalue weighted by Gasteiger charge is 2.29. The number of hydrogen-bond acceptors (Lipinski definition) is 3. The number of rotatable bonds is 4. The van der Waals surface area contributed by atoms with Gasteiger partial charge in [-0.1, -0.05) is 11.6 Å². The highest BCUT2D eigenvalue weighted by molar-refractivity contribution is 5.97. The van der Waals surface area contributed by atoms with Crippen molar-refractivity contribution in [1.29, 1.82) is 0 Å². The van der Waals surface area contributed by atoms with Crippen LogP contribution in [0.3, 0.4) is 0 Å². The van der Waals surface area contributed by atoms with Crippen molar-refractivity contribution in [2.24, 2.45) is 0 Å². The first-order valence-electron chi connectivity index (χ1n) is 8.44. The van der Waals surface area contributed by atoms with Crippen LogP contribution in [-0.4, -0.2) is 24.0 Å². The molecule has 0 unspecified atom stereocenters. The minimum atomic E-state index is -0.278. The van der Waals surface area contributed by atoms with Crippen molar-refractivity contribution >= 4 is 11.6 Å². The summed E-state index contributed by atoms with van der Waals surface area (Å²) in [5.74, 6) is 0.152. The summed E-state index contributed by atoms with van der Waals surface area (Å²) in [6.45, 7) is 6.46. The third-order valence-corrected chi connectivity index (χ3v) is 4.30. The van der Waals surface area contributed by atoms with E-state index in [4.69, 9.17) is 4.74 Å². The maximum Gasteiger partial charge on any atom is 0.258 e. The SMILES string of the molecule is CNc1cc(F)c2c(c1)CN(C(=O)c1cc(C)ccc1OC(C)C)C2. The first-order chi connectivity index (χ1) is 11.9. The lowest BCUT2D eigenvalue weighted by Crippen LogP contribution is -2.26. The lowest BCUT2D eigenvalue weighted by molar-refractivity contribution is 0.0744. The summed E-state index contributed by atoms with van der Waals surface area (Å²) >= 11 is 0. The second-order valence-electron chi connectivity index (χ2n) is 6.67. The van der Waals surface area contributed by atoms with E-state index in [9.17, 15) is 9.18 Å². The average Bonchev–Trinajstić information content (AvgIpc) is 3.00. The Morgan fingerprint density at radius 1 is 1.24 bits per heavy atom. The Morgan fingerprint density at radius 2 is 2.00 bits per heavy atom. The van der Waals surface area contributed by atoms with E-state index in [0.717, 1.165) is 11.1 Å². The zero-order valence-corrected chi connectivity index (χ0v) is 15.0. The quantitative estimate of drug-likeness (QED) is 0.909. The van der Waals surface area contributed by atoms with E-state index >= 15 is 0 Å². The Kier molecular flexibility index (Phi) is 4.66. The summed E-state index contributed by atoms with van der Waals surface area (Å²) < 4.78 is 20.1. The highest BCUT2D eigenvalue weighted by atomic mass is 19.1. The number of carbonyl (C=O) groups excluding carboxylic acids is 1. The molecule has 25 heavy (non-hydrogen) atoms. The summed E-state index contributed by atoms with van der Waals surface area (Å²) in [6, 6.07) is 8.94. The second kappa shape index (κ2) is 6.75. The van der Waals surface area contributed by atoms with Crippen LogP contribution in [-0.2, 0) is 13.1 Å². The molecule has 0 radical (unpaired) electrons. The van der Waals surface area contributed by atoms with Crippen LogP contribution in [0.2, 0.25) is 0 Å². The number of nitrogens with one attached hydrogen (secondary N) is 1. The molecule has 0 fully saturated rings. The Bertz CT molecular complexity index is 818. The van der Waals surface area contributed by atoms with Crippen molar-refractivity contribution in [3.05, 3.63) is 58.4 Å². The average molecular weight is 342 g/mol. The molecule has 0 bridgehead atoms. The minimum absolute atomic E-state index is 0.0272. The van der Waals surface area contributed by atoms with Gasteiger partial charge in [0, 0.05) is 31.4 Å². The molecule has 0 saturated carbocycles. The minimum Gasteiger partial charge on any atom is -0.490 e. The van der Waals surface area contributed by atoms with Gasteiger partial charge in [-0.2, -0.15) is 0 Å². The molecule has 5 heteroatoms. The van der Waals surface area contributed by atoms with Crippen LogP contribution in [0.4, 0.5) is 10.1 Å². The molecule has 1 aliphatic rings. The number of anilines is 1. The maximum absolute atomic E-state index is 14.3. The fourth-order valence-electron chi connectivity index (χ4n) is 3.09. The molecule has 4 nitrogen and oxygen atoms in total. The van der Waals surface area contributed by atoms with Crippen molar-refractivity contribution in [2.45, 2.75) is 40.0 Å². The molecule has 0 saturated heterocycles. The molecule has 132 valence electrons. The summed E-state index contributed by atoms with van der Waals surface area (Å²) in [5, 5.41) is 2.95. The number of amides is 1. The van der Waals surface area contributed by atoms with E-state index in [1.807, 2.05) is 45.0 Å². The van der Waals surface area contributed by atoms with Gasteiger partial charge in [0.25, 0.3) is 5.91 Å². The molecule has 1 N–H and O–H groups in total. The fraction of sp³-hybridized carbons (Fsp3) is 0.350. The Hall–Kier alpha value is -2.56. The van der Waals surface area contributed by atoms with E-state index in [0.29, 0.717) is 29.1 Å². The number of carbonyl (C=O) groups is 1. The molecule has 0 aromatic heterocycles. The van der Waals surface area contributed by atoms with Gasteiger partial charge in [0.05, 0.1) is 11.7 Å². The van der Waals surface area contributed by atoms with Gasteiger partial charge in [0.2, 0.25) is 0 Å². The van der Waals surface area contributed by atoms with Crippen LogP contribution in [0.15, 0.2) is 30.3 Å². The topological polar surface area (TPSA) is 41.6 Å².